The second-order valence-corrected chi connectivity index (χ2v) is 4.09. The standard InChI is InChI=1S/C7H7O.ClH.H2O.O.Sb/c8-6-7-4-2-1-3-5-7;;;;/h1-5H,6H2;1H;1H2;;/q-1;;;;+2/p-1. The summed E-state index contributed by atoms with van der Waals surface area (Å²) in [6, 6.07) is 9.32. The van der Waals surface area contributed by atoms with Gasteiger partial charge in [-0.25, -0.2) is 0 Å². The van der Waals surface area contributed by atoms with Gasteiger partial charge in [-0.2, -0.15) is 0 Å². The zero-order valence-electron chi connectivity index (χ0n) is 6.21. The molecule has 0 unspecified atom stereocenters. The van der Waals surface area contributed by atoms with Crippen molar-refractivity contribution < 1.29 is 9.42 Å². The molecule has 0 atom stereocenters. The van der Waals surface area contributed by atoms with E-state index >= 15 is 0 Å². The van der Waals surface area contributed by atoms with E-state index < -0.39 is 21.0 Å². The Labute approximate surface area is 85.2 Å². The van der Waals surface area contributed by atoms with Crippen LogP contribution in [0, 0.1) is 0 Å². The summed E-state index contributed by atoms with van der Waals surface area (Å²) >= 11 is -3.46. The normalized spacial score (nSPS) is 8.75. The maximum absolute atomic E-state index is 10.2. The topological polar surface area (TPSA) is 46.5 Å². The van der Waals surface area contributed by atoms with Crippen LogP contribution in [0.25, 0.3) is 0 Å². The molecule has 5 heteroatoms. The van der Waals surface area contributed by atoms with Crippen LogP contribution in [-0.2, 0) is 12.6 Å². The Kier molecular flexibility index (Phi) is 6.58. The third-order valence-electron chi connectivity index (χ3n) is 1.18. The Morgan fingerprint density at radius 1 is 1.33 bits per heavy atom. The molecule has 0 fully saturated rings. The molecular formula is C7H9ClO3Sb. The first-order chi connectivity index (χ1) is 5.29. The SMILES string of the molecule is Cl.[O]=[Sb]([OH])[O]Cc1ccccc1. The van der Waals surface area contributed by atoms with Crippen molar-refractivity contribution >= 4 is 33.4 Å². The van der Waals surface area contributed by atoms with Gasteiger partial charge in [0.2, 0.25) is 0 Å². The molecule has 0 bridgehead atoms. The molecule has 0 aromatic heterocycles. The zero-order chi connectivity index (χ0) is 8.10. The van der Waals surface area contributed by atoms with E-state index in [0.717, 1.165) is 5.56 Å². The van der Waals surface area contributed by atoms with E-state index in [1.165, 1.54) is 0 Å². The first kappa shape index (κ1) is 12.0. The second-order valence-electron chi connectivity index (χ2n) is 2.00. The summed E-state index contributed by atoms with van der Waals surface area (Å²) in [5.74, 6) is 0. The Bertz CT molecular complexity index is 240. The first-order valence-corrected chi connectivity index (χ1v) is 6.34. The Hall–Kier alpha value is 0.0482. The van der Waals surface area contributed by atoms with E-state index in [4.69, 9.17) is 3.39 Å². The van der Waals surface area contributed by atoms with Gasteiger partial charge < -0.3 is 0 Å². The van der Waals surface area contributed by atoms with Crippen LogP contribution in [0.1, 0.15) is 5.56 Å². The van der Waals surface area contributed by atoms with Crippen molar-refractivity contribution in [1.82, 2.24) is 0 Å². The molecule has 67 valence electrons. The van der Waals surface area contributed by atoms with Gasteiger partial charge in [0.05, 0.1) is 0 Å². The summed E-state index contributed by atoms with van der Waals surface area (Å²) in [7, 11) is 0. The molecule has 1 aromatic carbocycles. The Morgan fingerprint density at radius 3 is 2.42 bits per heavy atom. The molecule has 0 saturated heterocycles. The number of rotatable bonds is 3. The van der Waals surface area contributed by atoms with Crippen LogP contribution >= 0.6 is 12.4 Å². The molecule has 0 saturated carbocycles. The number of benzene rings is 1. The van der Waals surface area contributed by atoms with Gasteiger partial charge in [0.1, 0.15) is 0 Å². The van der Waals surface area contributed by atoms with Crippen LogP contribution in [0.2, 0.25) is 0 Å². The predicted octanol–water partition coefficient (Wildman–Crippen LogP) is 1.03. The van der Waals surface area contributed by atoms with Crippen LogP contribution in [0.5, 0.6) is 0 Å². The van der Waals surface area contributed by atoms with Crippen molar-refractivity contribution in [3.63, 3.8) is 0 Å². The third-order valence-corrected chi connectivity index (χ3v) is 2.18. The van der Waals surface area contributed by atoms with Gasteiger partial charge in [0, 0.05) is 0 Å². The number of halogens is 1. The average Bonchev–Trinajstić information content (AvgIpc) is 2.03. The average molecular weight is 298 g/mol. The molecule has 0 amide bonds. The zero-order valence-corrected chi connectivity index (χ0v) is 9.58. The Morgan fingerprint density at radius 2 is 1.92 bits per heavy atom. The fraction of sp³-hybridized carbons (Fsp3) is 0.143. The molecule has 1 radical (unpaired) electrons. The minimum absolute atomic E-state index is 0. The quantitative estimate of drug-likeness (QED) is 0.848. The summed E-state index contributed by atoms with van der Waals surface area (Å²) < 4.78 is 23.2. The van der Waals surface area contributed by atoms with Crippen LogP contribution in [0.4, 0.5) is 0 Å². The summed E-state index contributed by atoms with van der Waals surface area (Å²) in [6.45, 7) is 0.240. The monoisotopic (exact) mass is 297 g/mol. The molecular weight excluding hydrogens is 289 g/mol. The van der Waals surface area contributed by atoms with Crippen LogP contribution in [0.15, 0.2) is 30.3 Å². The predicted molar refractivity (Wildman–Crippen MR) is 47.1 cm³/mol. The summed E-state index contributed by atoms with van der Waals surface area (Å²) in [5, 5.41) is 0. The van der Waals surface area contributed by atoms with Crippen molar-refractivity contribution in [2.24, 2.45) is 0 Å². The molecule has 3 nitrogen and oxygen atoms in total. The summed E-state index contributed by atoms with van der Waals surface area (Å²) in [5.41, 5.74) is 0.923. The molecule has 0 aliphatic carbocycles. The molecule has 12 heavy (non-hydrogen) atoms. The summed E-state index contributed by atoms with van der Waals surface area (Å²) in [6.07, 6.45) is 0. The molecule has 1 rings (SSSR count). The van der Waals surface area contributed by atoms with Crippen molar-refractivity contribution in [2.45, 2.75) is 6.61 Å². The van der Waals surface area contributed by atoms with Gasteiger partial charge in [-0.05, 0) is 0 Å². The van der Waals surface area contributed by atoms with Crippen molar-refractivity contribution in [3.05, 3.63) is 35.9 Å². The van der Waals surface area contributed by atoms with E-state index in [-0.39, 0.29) is 19.0 Å². The minimum atomic E-state index is -3.46. The van der Waals surface area contributed by atoms with Crippen LogP contribution in [-0.4, -0.2) is 24.4 Å². The third kappa shape index (κ3) is 4.83. The second kappa shape index (κ2) is 6.55. The van der Waals surface area contributed by atoms with E-state index in [0.29, 0.717) is 0 Å². The summed E-state index contributed by atoms with van der Waals surface area (Å²) in [4.78, 5) is 0. The van der Waals surface area contributed by atoms with Crippen molar-refractivity contribution in [2.75, 3.05) is 0 Å². The van der Waals surface area contributed by atoms with Crippen LogP contribution in [0.3, 0.4) is 0 Å². The number of hydrogen-bond donors (Lipinski definition) is 1. The molecule has 0 aliphatic heterocycles. The van der Waals surface area contributed by atoms with Gasteiger partial charge >= 0.3 is 73.0 Å². The van der Waals surface area contributed by atoms with Crippen molar-refractivity contribution in [3.8, 4) is 0 Å². The number of hydrogen-bond acceptors (Lipinski definition) is 2. The van der Waals surface area contributed by atoms with E-state index in [2.05, 4.69) is 3.02 Å². The van der Waals surface area contributed by atoms with E-state index in [1.807, 2.05) is 30.3 Å². The molecule has 1 N–H and O–H groups in total. The van der Waals surface area contributed by atoms with Gasteiger partial charge in [-0.1, -0.05) is 0 Å². The molecule has 0 aliphatic rings. The fourth-order valence-electron chi connectivity index (χ4n) is 0.704. The molecule has 0 spiro atoms. The van der Waals surface area contributed by atoms with Gasteiger partial charge in [0.25, 0.3) is 0 Å². The van der Waals surface area contributed by atoms with Crippen LogP contribution < -0.4 is 0 Å². The molecule has 1 aromatic rings. The van der Waals surface area contributed by atoms with E-state index in [9.17, 15) is 3.02 Å². The van der Waals surface area contributed by atoms with Crippen molar-refractivity contribution in [1.29, 1.82) is 0 Å². The van der Waals surface area contributed by atoms with E-state index in [1.54, 1.807) is 0 Å². The maximum atomic E-state index is 10.2. The van der Waals surface area contributed by atoms with Gasteiger partial charge in [-0.3, -0.25) is 0 Å². The first-order valence-electron chi connectivity index (χ1n) is 3.12. The van der Waals surface area contributed by atoms with Gasteiger partial charge in [-0.15, -0.1) is 12.4 Å². The molecule has 0 heterocycles. The fourth-order valence-corrected chi connectivity index (χ4v) is 1.44. The Balaban J connectivity index is 0.00000121. The van der Waals surface area contributed by atoms with Gasteiger partial charge in [0.15, 0.2) is 0 Å².